The van der Waals surface area contributed by atoms with Gasteiger partial charge in [0.2, 0.25) is 0 Å². The van der Waals surface area contributed by atoms with Gasteiger partial charge >= 0.3 is 5.97 Å². The molecule has 1 amide bonds. The number of esters is 1. The van der Waals surface area contributed by atoms with Crippen molar-refractivity contribution < 1.29 is 28.6 Å². The number of carbonyl (C=O) groups is 2. The van der Waals surface area contributed by atoms with Gasteiger partial charge in [0, 0.05) is 44.3 Å². The van der Waals surface area contributed by atoms with E-state index in [1.165, 1.54) is 12.1 Å². The van der Waals surface area contributed by atoms with Crippen molar-refractivity contribution in [3.05, 3.63) is 99.1 Å². The molecule has 0 radical (unpaired) electrons. The van der Waals surface area contributed by atoms with Crippen molar-refractivity contribution in [1.82, 2.24) is 9.88 Å². The number of benzene rings is 3. The first-order valence-corrected chi connectivity index (χ1v) is 14.0. The van der Waals surface area contributed by atoms with E-state index in [1.54, 1.807) is 31.0 Å². The summed E-state index contributed by atoms with van der Waals surface area (Å²) in [7, 11) is 1.74. The summed E-state index contributed by atoms with van der Waals surface area (Å²) >= 11 is 0. The highest BCUT2D eigenvalue weighted by atomic mass is 19.1. The molecule has 1 aromatic heterocycles. The zero-order valence-corrected chi connectivity index (χ0v) is 24.0. The summed E-state index contributed by atoms with van der Waals surface area (Å²) in [5, 5.41) is 13.9. The number of aromatic nitrogens is 1. The van der Waals surface area contributed by atoms with Crippen LogP contribution in [0.2, 0.25) is 0 Å². The zero-order valence-electron chi connectivity index (χ0n) is 24.0. The molecule has 1 aliphatic rings. The Morgan fingerprint density at radius 3 is 2.58 bits per heavy atom. The summed E-state index contributed by atoms with van der Waals surface area (Å²) in [5.41, 5.74) is 1.41. The molecule has 5 rings (SSSR count). The van der Waals surface area contributed by atoms with E-state index in [9.17, 15) is 23.9 Å². The van der Waals surface area contributed by atoms with E-state index in [2.05, 4.69) is 15.2 Å². The third-order valence-electron chi connectivity index (χ3n) is 7.30. The zero-order chi connectivity index (χ0) is 30.5. The number of halogens is 1. The van der Waals surface area contributed by atoms with Crippen molar-refractivity contribution in [1.29, 1.82) is 0 Å². The van der Waals surface area contributed by atoms with Crippen molar-refractivity contribution in [3.63, 3.8) is 0 Å². The van der Waals surface area contributed by atoms with Gasteiger partial charge in [0.1, 0.15) is 17.1 Å². The molecule has 1 fully saturated rings. The number of anilines is 2. The smallest absolute Gasteiger partial charge is 0.338 e. The Bertz CT molecular complexity index is 1700. The van der Waals surface area contributed by atoms with Gasteiger partial charge in [-0.05, 0) is 48.4 Å². The molecule has 3 N–H and O–H groups in total. The van der Waals surface area contributed by atoms with Crippen molar-refractivity contribution in [2.75, 3.05) is 50.2 Å². The van der Waals surface area contributed by atoms with Crippen LogP contribution in [0.25, 0.3) is 10.9 Å². The fourth-order valence-corrected chi connectivity index (χ4v) is 5.16. The van der Waals surface area contributed by atoms with E-state index in [4.69, 9.17) is 9.47 Å². The number of fused-ring (bicyclic) bond motifs is 1. The SMILES string of the molecule is CCOC(=O)c1ccc(NC(=O)c2c(O)c3cc(F)cc(N(C)Cc4ccccc4)c3[nH]c2=O)c(CN2CCOCC2)c1. The van der Waals surface area contributed by atoms with Crippen LogP contribution in [0.15, 0.2) is 65.5 Å². The number of morpholine rings is 1. The van der Waals surface area contributed by atoms with Crippen molar-refractivity contribution in [2.24, 2.45) is 0 Å². The van der Waals surface area contributed by atoms with Crippen molar-refractivity contribution >= 4 is 34.2 Å². The third-order valence-corrected chi connectivity index (χ3v) is 7.30. The second-order valence-corrected chi connectivity index (χ2v) is 10.3. The molecule has 11 heteroatoms. The van der Waals surface area contributed by atoms with E-state index >= 15 is 0 Å². The first kappa shape index (κ1) is 29.7. The second-order valence-electron chi connectivity index (χ2n) is 10.3. The van der Waals surface area contributed by atoms with Crippen LogP contribution < -0.4 is 15.8 Å². The first-order chi connectivity index (χ1) is 20.7. The number of hydrogen-bond acceptors (Lipinski definition) is 8. The molecule has 4 aromatic rings. The molecule has 224 valence electrons. The average Bonchev–Trinajstić information content (AvgIpc) is 2.99. The van der Waals surface area contributed by atoms with Crippen LogP contribution in [-0.2, 0) is 22.6 Å². The maximum absolute atomic E-state index is 14.8. The molecular weight excluding hydrogens is 555 g/mol. The Balaban J connectivity index is 1.49. The highest BCUT2D eigenvalue weighted by Crippen LogP contribution is 2.33. The molecule has 0 bridgehead atoms. The largest absolute Gasteiger partial charge is 0.506 e. The van der Waals surface area contributed by atoms with Crippen molar-refractivity contribution in [3.8, 4) is 5.75 Å². The summed E-state index contributed by atoms with van der Waals surface area (Å²) in [6, 6.07) is 16.6. The van der Waals surface area contributed by atoms with Crippen molar-refractivity contribution in [2.45, 2.75) is 20.0 Å². The van der Waals surface area contributed by atoms with E-state index in [0.29, 0.717) is 61.9 Å². The number of nitrogens with zero attached hydrogens (tertiary/aromatic N) is 2. The van der Waals surface area contributed by atoms with Crippen LogP contribution >= 0.6 is 0 Å². The topological polar surface area (TPSA) is 124 Å². The highest BCUT2D eigenvalue weighted by Gasteiger charge is 2.24. The molecule has 0 aliphatic carbocycles. The Morgan fingerprint density at radius 1 is 1.12 bits per heavy atom. The first-order valence-electron chi connectivity index (χ1n) is 14.0. The standard InChI is InChI=1S/C32H33FN4O6/c1-3-43-32(41)21-9-10-25(22(15-21)19-37-11-13-42-14-12-37)34-30(39)27-29(38)24-16-23(33)17-26(28(24)35-31(27)40)36(2)18-20-7-5-4-6-8-20/h4-10,15-17H,3,11-14,18-19H2,1-2H3,(H,34,39)(H2,35,38,40). The minimum Gasteiger partial charge on any atom is -0.506 e. The van der Waals surface area contributed by atoms with Gasteiger partial charge in [0.15, 0.2) is 0 Å². The summed E-state index contributed by atoms with van der Waals surface area (Å²) in [5.74, 6) is -2.65. The monoisotopic (exact) mass is 588 g/mol. The number of ether oxygens (including phenoxy) is 2. The molecular formula is C32H33FN4O6. The Kier molecular flexibility index (Phi) is 9.03. The molecule has 0 spiro atoms. The second kappa shape index (κ2) is 13.1. The minimum absolute atomic E-state index is 0.00846. The number of aromatic amines is 1. The predicted octanol–water partition coefficient (Wildman–Crippen LogP) is 4.27. The number of carbonyl (C=O) groups excluding carboxylic acids is 2. The fraction of sp³-hybridized carbons (Fsp3) is 0.281. The summed E-state index contributed by atoms with van der Waals surface area (Å²) in [6.07, 6.45) is 0. The Hall–Kier alpha value is -4.74. The lowest BCUT2D eigenvalue weighted by Gasteiger charge is -2.27. The van der Waals surface area contributed by atoms with Gasteiger partial charge in [-0.1, -0.05) is 30.3 Å². The predicted molar refractivity (Wildman–Crippen MR) is 161 cm³/mol. The number of hydrogen-bond donors (Lipinski definition) is 3. The molecule has 2 heterocycles. The lowest BCUT2D eigenvalue weighted by Crippen LogP contribution is -2.36. The van der Waals surface area contributed by atoms with E-state index < -0.39 is 34.6 Å². The number of aromatic hydroxyl groups is 1. The molecule has 43 heavy (non-hydrogen) atoms. The fourth-order valence-electron chi connectivity index (χ4n) is 5.16. The number of pyridine rings is 1. The Morgan fingerprint density at radius 2 is 1.86 bits per heavy atom. The van der Waals surface area contributed by atoms with Gasteiger partial charge in [0.25, 0.3) is 11.5 Å². The van der Waals surface area contributed by atoms with Gasteiger partial charge in [-0.15, -0.1) is 0 Å². The molecule has 0 unspecified atom stereocenters. The molecule has 1 saturated heterocycles. The van der Waals surface area contributed by atoms with E-state index in [1.807, 2.05) is 30.3 Å². The van der Waals surface area contributed by atoms with Gasteiger partial charge in [-0.25, -0.2) is 9.18 Å². The van der Waals surface area contributed by atoms with Crippen LogP contribution in [0.1, 0.15) is 38.8 Å². The molecule has 0 saturated carbocycles. The van der Waals surface area contributed by atoms with E-state index in [0.717, 1.165) is 11.6 Å². The molecule has 3 aromatic carbocycles. The summed E-state index contributed by atoms with van der Waals surface area (Å²) in [6.45, 7) is 5.17. The molecule has 0 atom stereocenters. The van der Waals surface area contributed by atoms with Crippen LogP contribution in [0.3, 0.4) is 0 Å². The quantitative estimate of drug-likeness (QED) is 0.248. The van der Waals surface area contributed by atoms with E-state index in [-0.39, 0.29) is 17.5 Å². The van der Waals surface area contributed by atoms with Gasteiger partial charge in [-0.2, -0.15) is 0 Å². The van der Waals surface area contributed by atoms with Crippen LogP contribution in [-0.4, -0.2) is 66.8 Å². The summed E-state index contributed by atoms with van der Waals surface area (Å²) < 4.78 is 25.4. The molecule has 1 aliphatic heterocycles. The maximum atomic E-state index is 14.8. The van der Waals surface area contributed by atoms with Gasteiger partial charge < -0.3 is 29.8 Å². The lowest BCUT2D eigenvalue weighted by atomic mass is 10.1. The third kappa shape index (κ3) is 6.68. The normalized spacial score (nSPS) is 13.6. The highest BCUT2D eigenvalue weighted by molar-refractivity contribution is 6.10. The molecule has 10 nitrogen and oxygen atoms in total. The Labute approximate surface area is 247 Å². The van der Waals surface area contributed by atoms with Gasteiger partial charge in [-0.3, -0.25) is 14.5 Å². The van der Waals surface area contributed by atoms with Crippen LogP contribution in [0.5, 0.6) is 5.75 Å². The number of rotatable bonds is 9. The summed E-state index contributed by atoms with van der Waals surface area (Å²) in [4.78, 5) is 45.7. The van der Waals surface area contributed by atoms with Gasteiger partial charge in [0.05, 0.1) is 36.6 Å². The average molecular weight is 589 g/mol. The van der Waals surface area contributed by atoms with Crippen LogP contribution in [0.4, 0.5) is 15.8 Å². The number of nitrogens with one attached hydrogen (secondary N) is 2. The number of H-pyrrole nitrogens is 1. The maximum Gasteiger partial charge on any atom is 0.338 e. The van der Waals surface area contributed by atoms with Crippen LogP contribution in [0, 0.1) is 5.82 Å². The minimum atomic E-state index is -0.879. The number of amides is 1. The lowest BCUT2D eigenvalue weighted by molar-refractivity contribution is 0.0342.